The summed E-state index contributed by atoms with van der Waals surface area (Å²) in [6, 6.07) is 0. The van der Waals surface area contributed by atoms with E-state index in [2.05, 4.69) is 13.8 Å². The average molecular weight is 594 g/mol. The van der Waals surface area contributed by atoms with Gasteiger partial charge in [0.2, 0.25) is 0 Å². The Kier molecular flexibility index (Phi) is 29.6. The van der Waals surface area contributed by atoms with Gasteiger partial charge in [0.05, 0.1) is 19.8 Å². The molecule has 0 aromatic rings. The summed E-state index contributed by atoms with van der Waals surface area (Å²) in [5.41, 5.74) is 5.33. The Morgan fingerprint density at radius 3 is 1.57 bits per heavy atom. The largest absolute Gasteiger partial charge is 0.472 e. The van der Waals surface area contributed by atoms with Gasteiger partial charge in [-0.05, 0) is 12.8 Å². The summed E-state index contributed by atoms with van der Waals surface area (Å²) in [5, 5.41) is 0. The topological polar surface area (TPSA) is 117 Å². The number of rotatable bonds is 32. The summed E-state index contributed by atoms with van der Waals surface area (Å²) in [6.45, 7) is 4.91. The molecule has 0 amide bonds. The molecule has 0 saturated heterocycles. The normalized spacial score (nSPS) is 13.8. The van der Waals surface area contributed by atoms with E-state index in [1.54, 1.807) is 0 Å². The molecule has 2 atom stereocenters. The van der Waals surface area contributed by atoms with E-state index in [9.17, 15) is 14.3 Å². The SMILES string of the molecule is CCCCCCCCCCCCCCC(=O)OC(COCCCCCCCCCCC)COP(=O)(O)OCCN. The maximum Gasteiger partial charge on any atom is 0.472 e. The molecule has 0 radical (unpaired) electrons. The van der Waals surface area contributed by atoms with Gasteiger partial charge in [-0.15, -0.1) is 0 Å². The molecule has 9 heteroatoms. The van der Waals surface area contributed by atoms with Gasteiger partial charge in [0.15, 0.2) is 0 Å². The van der Waals surface area contributed by atoms with E-state index in [0.717, 1.165) is 32.1 Å². The lowest BCUT2D eigenvalue weighted by Gasteiger charge is -2.20. The Bertz CT molecular complexity index is 594. The minimum absolute atomic E-state index is 0.0910. The number of hydrogen-bond acceptors (Lipinski definition) is 7. The Hall–Kier alpha value is -0.500. The Labute approximate surface area is 246 Å². The number of carbonyl (C=O) groups is 1. The third kappa shape index (κ3) is 29.0. The molecule has 0 aromatic carbocycles. The van der Waals surface area contributed by atoms with Gasteiger partial charge in [0.25, 0.3) is 0 Å². The second kappa shape index (κ2) is 30.0. The molecule has 0 aliphatic heterocycles. The summed E-state index contributed by atoms with van der Waals surface area (Å²) in [4.78, 5) is 22.2. The van der Waals surface area contributed by atoms with Gasteiger partial charge < -0.3 is 20.1 Å². The molecule has 8 nitrogen and oxygen atoms in total. The minimum atomic E-state index is -4.25. The number of phosphoric acid groups is 1. The first-order valence-electron chi connectivity index (χ1n) is 16.5. The van der Waals surface area contributed by atoms with Crippen molar-refractivity contribution in [2.75, 3.05) is 33.0 Å². The van der Waals surface area contributed by atoms with Gasteiger partial charge >= 0.3 is 13.8 Å². The third-order valence-corrected chi connectivity index (χ3v) is 8.01. The van der Waals surface area contributed by atoms with Gasteiger partial charge in [-0.1, -0.05) is 136 Å². The fraction of sp³-hybridized carbons (Fsp3) is 0.968. The predicted octanol–water partition coefficient (Wildman–Crippen LogP) is 8.63. The second-order valence-corrected chi connectivity index (χ2v) is 12.5. The highest BCUT2D eigenvalue weighted by atomic mass is 31.2. The number of hydrogen-bond donors (Lipinski definition) is 2. The van der Waals surface area contributed by atoms with Crippen molar-refractivity contribution in [1.82, 2.24) is 0 Å². The molecule has 0 saturated carbocycles. The van der Waals surface area contributed by atoms with E-state index in [-0.39, 0.29) is 32.3 Å². The van der Waals surface area contributed by atoms with Gasteiger partial charge in [-0.25, -0.2) is 4.57 Å². The first kappa shape index (κ1) is 39.5. The predicted molar refractivity (Wildman–Crippen MR) is 164 cm³/mol. The van der Waals surface area contributed by atoms with Gasteiger partial charge in [0.1, 0.15) is 6.10 Å². The average Bonchev–Trinajstić information content (AvgIpc) is 2.94. The van der Waals surface area contributed by atoms with Crippen LogP contribution in [0.3, 0.4) is 0 Å². The highest BCUT2D eigenvalue weighted by Crippen LogP contribution is 2.43. The zero-order chi connectivity index (χ0) is 29.6. The van der Waals surface area contributed by atoms with Crippen LogP contribution in [0.2, 0.25) is 0 Å². The van der Waals surface area contributed by atoms with Gasteiger partial charge in [-0.2, -0.15) is 0 Å². The zero-order valence-electron chi connectivity index (χ0n) is 26.1. The lowest BCUT2D eigenvalue weighted by Crippen LogP contribution is -2.28. The van der Waals surface area contributed by atoms with E-state index in [1.807, 2.05) is 0 Å². The minimum Gasteiger partial charge on any atom is -0.457 e. The highest BCUT2D eigenvalue weighted by Gasteiger charge is 2.25. The summed E-state index contributed by atoms with van der Waals surface area (Å²) in [6.07, 6.45) is 25.4. The molecule has 0 heterocycles. The maximum absolute atomic E-state index is 12.4. The quantitative estimate of drug-likeness (QED) is 0.0452. The van der Waals surface area contributed by atoms with Crippen LogP contribution in [0.25, 0.3) is 0 Å². The number of unbranched alkanes of at least 4 members (excludes halogenated alkanes) is 19. The Morgan fingerprint density at radius 2 is 1.10 bits per heavy atom. The molecule has 2 unspecified atom stereocenters. The number of esters is 1. The molecule has 0 spiro atoms. The summed E-state index contributed by atoms with van der Waals surface area (Å²) in [5.74, 6) is -0.331. The molecule has 0 aromatic heterocycles. The first-order chi connectivity index (χ1) is 19.4. The number of ether oxygens (including phenoxy) is 2. The third-order valence-electron chi connectivity index (χ3n) is 7.02. The van der Waals surface area contributed by atoms with Crippen LogP contribution in [0.1, 0.15) is 155 Å². The standard InChI is InChI=1S/C31H64NO7P/c1-3-5-7-9-11-13-14-15-16-18-20-22-24-31(33)39-30(29-38-40(34,35)37-27-25-32)28-36-26-23-21-19-17-12-10-8-6-4-2/h30H,3-29,32H2,1-2H3,(H,34,35). The number of nitrogens with two attached hydrogens (primary N) is 1. The van der Waals surface area contributed by atoms with Crippen LogP contribution in [0, 0.1) is 0 Å². The number of phosphoric ester groups is 1. The first-order valence-corrected chi connectivity index (χ1v) is 18.0. The highest BCUT2D eigenvalue weighted by molar-refractivity contribution is 7.47. The molecule has 0 aliphatic carbocycles. The van der Waals surface area contributed by atoms with Gasteiger partial charge in [-0.3, -0.25) is 13.8 Å². The summed E-state index contributed by atoms with van der Waals surface area (Å²) >= 11 is 0. The van der Waals surface area contributed by atoms with Crippen LogP contribution in [0.5, 0.6) is 0 Å². The second-order valence-electron chi connectivity index (χ2n) is 11.0. The monoisotopic (exact) mass is 593 g/mol. The fourth-order valence-electron chi connectivity index (χ4n) is 4.58. The molecule has 0 fully saturated rings. The smallest absolute Gasteiger partial charge is 0.457 e. The van der Waals surface area contributed by atoms with Crippen molar-refractivity contribution in [1.29, 1.82) is 0 Å². The Morgan fingerprint density at radius 1 is 0.650 bits per heavy atom. The molecular weight excluding hydrogens is 529 g/mol. The summed E-state index contributed by atoms with van der Waals surface area (Å²) < 4.78 is 33.1. The van der Waals surface area contributed by atoms with Crippen LogP contribution in [0.4, 0.5) is 0 Å². The van der Waals surface area contributed by atoms with E-state index < -0.39 is 13.9 Å². The summed E-state index contributed by atoms with van der Waals surface area (Å²) in [7, 11) is -4.25. The molecule has 0 rings (SSSR count). The van der Waals surface area contributed by atoms with Crippen molar-refractivity contribution in [2.24, 2.45) is 5.73 Å². The van der Waals surface area contributed by atoms with E-state index >= 15 is 0 Å². The van der Waals surface area contributed by atoms with Crippen LogP contribution in [0.15, 0.2) is 0 Å². The molecule has 40 heavy (non-hydrogen) atoms. The van der Waals surface area contributed by atoms with E-state index in [4.69, 9.17) is 24.3 Å². The lowest BCUT2D eigenvalue weighted by molar-refractivity contribution is -0.154. The maximum atomic E-state index is 12.4. The lowest BCUT2D eigenvalue weighted by atomic mass is 10.0. The zero-order valence-corrected chi connectivity index (χ0v) is 27.0. The fourth-order valence-corrected chi connectivity index (χ4v) is 5.35. The van der Waals surface area contributed by atoms with Gasteiger partial charge in [0, 0.05) is 19.6 Å². The van der Waals surface area contributed by atoms with Crippen molar-refractivity contribution >= 4 is 13.8 Å². The van der Waals surface area contributed by atoms with Crippen LogP contribution < -0.4 is 5.73 Å². The van der Waals surface area contributed by atoms with Crippen molar-refractivity contribution in [3.8, 4) is 0 Å². The number of carbonyl (C=O) groups excluding carboxylic acids is 1. The van der Waals surface area contributed by atoms with Crippen LogP contribution >= 0.6 is 7.82 Å². The van der Waals surface area contributed by atoms with E-state index in [0.29, 0.717) is 13.0 Å². The van der Waals surface area contributed by atoms with E-state index in [1.165, 1.54) is 103 Å². The van der Waals surface area contributed by atoms with Crippen molar-refractivity contribution in [2.45, 2.75) is 161 Å². The molecule has 0 bridgehead atoms. The molecular formula is C31H64NO7P. The molecule has 240 valence electrons. The van der Waals surface area contributed by atoms with Crippen molar-refractivity contribution in [3.05, 3.63) is 0 Å². The van der Waals surface area contributed by atoms with Crippen molar-refractivity contribution in [3.63, 3.8) is 0 Å². The Balaban J connectivity index is 4.12. The van der Waals surface area contributed by atoms with Crippen molar-refractivity contribution < 1.29 is 32.8 Å². The van der Waals surface area contributed by atoms with Crippen LogP contribution in [-0.4, -0.2) is 49.9 Å². The molecule has 0 aliphatic rings. The molecule has 3 N–H and O–H groups in total. The van der Waals surface area contributed by atoms with Crippen LogP contribution in [-0.2, 0) is 27.9 Å².